The van der Waals surface area contributed by atoms with Gasteiger partial charge in [0, 0.05) is 28.9 Å². The minimum Gasteiger partial charge on any atom is -0.402 e. The lowest BCUT2D eigenvalue weighted by Gasteiger charge is -2.18. The molecule has 2 rings (SSSR count). The molecule has 1 aromatic heterocycles. The highest BCUT2D eigenvalue weighted by atomic mass is 19.2. The smallest absolute Gasteiger partial charge is 0.252 e. The summed E-state index contributed by atoms with van der Waals surface area (Å²) in [6, 6.07) is 4.12. The Labute approximate surface area is 197 Å². The number of halogens is 2. The van der Waals surface area contributed by atoms with Crippen molar-refractivity contribution in [3.63, 3.8) is 0 Å². The number of hydrogen-bond donors (Lipinski definition) is 3. The van der Waals surface area contributed by atoms with E-state index >= 15 is 4.39 Å². The summed E-state index contributed by atoms with van der Waals surface area (Å²) in [5.74, 6) is -5.26. The zero-order valence-corrected chi connectivity index (χ0v) is 20.2. The van der Waals surface area contributed by atoms with E-state index in [0.29, 0.717) is 12.1 Å². The van der Waals surface area contributed by atoms with Gasteiger partial charge >= 0.3 is 0 Å². The van der Waals surface area contributed by atoms with Gasteiger partial charge in [-0.15, -0.1) is 0 Å². The van der Waals surface area contributed by atoms with E-state index in [1.807, 2.05) is 26.8 Å². The van der Waals surface area contributed by atoms with E-state index in [2.05, 4.69) is 10.4 Å². The molecule has 1 unspecified atom stereocenters. The fourth-order valence-electron chi connectivity index (χ4n) is 3.46. The fourth-order valence-corrected chi connectivity index (χ4v) is 3.46. The van der Waals surface area contributed by atoms with E-state index in [1.54, 1.807) is 13.8 Å². The molecule has 0 aliphatic heterocycles. The monoisotopic (exact) mass is 472 g/mol. The predicted octanol–water partition coefficient (Wildman–Crippen LogP) is 3.89. The second kappa shape index (κ2) is 10.0. The quantitative estimate of drug-likeness (QED) is 0.545. The Kier molecular flexibility index (Phi) is 7.82. The molecule has 10 heteroatoms. The van der Waals surface area contributed by atoms with Gasteiger partial charge in [-0.1, -0.05) is 26.8 Å². The lowest BCUT2D eigenvalue weighted by atomic mass is 9.90. The van der Waals surface area contributed by atoms with E-state index in [-0.39, 0.29) is 39.7 Å². The van der Waals surface area contributed by atoms with E-state index in [4.69, 9.17) is 11.5 Å². The average molecular weight is 473 g/mol. The van der Waals surface area contributed by atoms with Crippen molar-refractivity contribution < 1.29 is 18.4 Å². The number of anilines is 1. The number of nitrogens with two attached hydrogens (primary N) is 2. The van der Waals surface area contributed by atoms with Crippen molar-refractivity contribution in [2.45, 2.75) is 59.9 Å². The number of aromatic nitrogens is 2. The SMILES string of the molecule is CC(C(=O)NC(=O)C=C(N)CC(C)(C)C)c1ccc(-c2nn(C(C)C)c(N)c2C#N)c(F)c1F. The number of rotatable bonds is 6. The van der Waals surface area contributed by atoms with Crippen LogP contribution in [-0.2, 0) is 9.59 Å². The van der Waals surface area contributed by atoms with Crippen LogP contribution in [0.1, 0.15) is 71.0 Å². The Morgan fingerprint density at radius 1 is 1.24 bits per heavy atom. The first-order valence-corrected chi connectivity index (χ1v) is 10.7. The maximum absolute atomic E-state index is 15.0. The Bertz CT molecular complexity index is 1190. The highest BCUT2D eigenvalue weighted by molar-refractivity contribution is 6.03. The molecule has 1 atom stereocenters. The molecule has 1 aromatic carbocycles. The van der Waals surface area contributed by atoms with Crippen LogP contribution in [0, 0.1) is 28.4 Å². The van der Waals surface area contributed by atoms with Crippen molar-refractivity contribution in [3.8, 4) is 17.3 Å². The minimum absolute atomic E-state index is 0.0430. The fraction of sp³-hybridized carbons (Fsp3) is 0.417. The molecule has 0 saturated heterocycles. The van der Waals surface area contributed by atoms with Gasteiger partial charge in [0.05, 0.1) is 5.92 Å². The highest BCUT2D eigenvalue weighted by Crippen LogP contribution is 2.33. The van der Waals surface area contributed by atoms with Crippen LogP contribution in [0.4, 0.5) is 14.6 Å². The summed E-state index contributed by atoms with van der Waals surface area (Å²) in [4.78, 5) is 24.6. The van der Waals surface area contributed by atoms with Crippen LogP contribution in [-0.4, -0.2) is 21.6 Å². The van der Waals surface area contributed by atoms with Crippen LogP contribution in [0.15, 0.2) is 23.9 Å². The van der Waals surface area contributed by atoms with Crippen molar-refractivity contribution >= 4 is 17.6 Å². The third kappa shape index (κ3) is 5.78. The number of carbonyl (C=O) groups is 2. The third-order valence-corrected chi connectivity index (χ3v) is 5.07. The van der Waals surface area contributed by atoms with Gasteiger partial charge in [-0.05, 0) is 38.7 Å². The van der Waals surface area contributed by atoms with Crippen LogP contribution >= 0.6 is 0 Å². The summed E-state index contributed by atoms with van der Waals surface area (Å²) < 4.78 is 31.3. The summed E-state index contributed by atoms with van der Waals surface area (Å²) in [5, 5.41) is 15.7. The second-order valence-electron chi connectivity index (χ2n) is 9.62. The standard InChI is InChI=1S/C24H30F2N6O2/c1-12(2)32-22(29)17(11-27)21(31-32)16-8-7-15(19(25)20(16)26)13(3)23(34)30-18(33)9-14(28)10-24(4,5)6/h7-9,12-13H,10,28-29H2,1-6H3,(H,30,33,34). The van der Waals surface area contributed by atoms with Crippen LogP contribution in [0.25, 0.3) is 11.3 Å². The van der Waals surface area contributed by atoms with E-state index < -0.39 is 29.4 Å². The molecule has 34 heavy (non-hydrogen) atoms. The first-order valence-electron chi connectivity index (χ1n) is 10.7. The second-order valence-corrected chi connectivity index (χ2v) is 9.62. The molecule has 0 aliphatic rings. The minimum atomic E-state index is -1.28. The summed E-state index contributed by atoms with van der Waals surface area (Å²) in [5.41, 5.74) is 11.2. The Morgan fingerprint density at radius 3 is 2.38 bits per heavy atom. The van der Waals surface area contributed by atoms with Gasteiger partial charge in [0.15, 0.2) is 11.6 Å². The maximum Gasteiger partial charge on any atom is 0.252 e. The Balaban J connectivity index is 2.33. The third-order valence-electron chi connectivity index (χ3n) is 5.07. The number of amides is 2. The van der Waals surface area contributed by atoms with Gasteiger partial charge in [0.2, 0.25) is 5.91 Å². The molecular weight excluding hydrogens is 442 g/mol. The number of allylic oxidation sites excluding steroid dienone is 1. The van der Waals surface area contributed by atoms with Crippen molar-refractivity contribution in [3.05, 3.63) is 46.7 Å². The van der Waals surface area contributed by atoms with E-state index in [1.165, 1.54) is 23.7 Å². The predicted molar refractivity (Wildman–Crippen MR) is 125 cm³/mol. The molecule has 0 radical (unpaired) electrons. The molecule has 182 valence electrons. The largest absolute Gasteiger partial charge is 0.402 e. The van der Waals surface area contributed by atoms with Gasteiger partial charge in [0.1, 0.15) is 23.1 Å². The molecule has 5 N–H and O–H groups in total. The molecule has 2 aromatic rings. The molecule has 0 fully saturated rings. The topological polar surface area (TPSA) is 140 Å². The van der Waals surface area contributed by atoms with Crippen molar-refractivity contribution in [2.24, 2.45) is 11.1 Å². The molecule has 1 heterocycles. The highest BCUT2D eigenvalue weighted by Gasteiger charge is 2.27. The van der Waals surface area contributed by atoms with Gasteiger partial charge in [-0.2, -0.15) is 10.4 Å². The van der Waals surface area contributed by atoms with Crippen molar-refractivity contribution in [1.29, 1.82) is 5.26 Å². The molecule has 2 amide bonds. The molecule has 8 nitrogen and oxygen atoms in total. The average Bonchev–Trinajstić information content (AvgIpc) is 3.04. The van der Waals surface area contributed by atoms with Crippen LogP contribution in [0.3, 0.4) is 0 Å². The van der Waals surface area contributed by atoms with Gasteiger partial charge in [-0.3, -0.25) is 14.9 Å². The zero-order chi connectivity index (χ0) is 26.0. The lowest BCUT2D eigenvalue weighted by molar-refractivity contribution is -0.128. The van der Waals surface area contributed by atoms with E-state index in [9.17, 15) is 19.2 Å². The number of hydrogen-bond acceptors (Lipinski definition) is 6. The Hall–Kier alpha value is -3.74. The number of benzene rings is 1. The van der Waals surface area contributed by atoms with Crippen LogP contribution in [0.2, 0.25) is 0 Å². The first-order chi connectivity index (χ1) is 15.7. The number of nitriles is 1. The summed E-state index contributed by atoms with van der Waals surface area (Å²) in [6.07, 6.45) is 1.54. The van der Waals surface area contributed by atoms with Crippen LogP contribution in [0.5, 0.6) is 0 Å². The Morgan fingerprint density at radius 2 is 1.85 bits per heavy atom. The molecular formula is C24H30F2N6O2. The van der Waals surface area contributed by atoms with Gasteiger partial charge in [-0.25, -0.2) is 13.5 Å². The molecule has 0 spiro atoms. The number of carbonyl (C=O) groups excluding carboxylic acids is 2. The summed E-state index contributed by atoms with van der Waals surface area (Å²) in [7, 11) is 0. The summed E-state index contributed by atoms with van der Waals surface area (Å²) in [6.45, 7) is 10.7. The number of imide groups is 1. The molecule has 0 aliphatic carbocycles. The number of nitrogens with zero attached hydrogens (tertiary/aromatic N) is 3. The first kappa shape index (κ1) is 26.5. The van der Waals surface area contributed by atoms with Crippen LogP contribution < -0.4 is 16.8 Å². The van der Waals surface area contributed by atoms with Gasteiger partial charge in [0.25, 0.3) is 5.91 Å². The number of nitrogen functional groups attached to an aromatic ring is 1. The number of nitrogens with one attached hydrogen (secondary N) is 1. The van der Waals surface area contributed by atoms with Gasteiger partial charge < -0.3 is 11.5 Å². The normalized spacial score (nSPS) is 13.0. The molecule has 0 saturated carbocycles. The maximum atomic E-state index is 15.0. The summed E-state index contributed by atoms with van der Waals surface area (Å²) >= 11 is 0. The van der Waals surface area contributed by atoms with Crippen molar-refractivity contribution in [1.82, 2.24) is 15.1 Å². The van der Waals surface area contributed by atoms with E-state index in [0.717, 1.165) is 6.08 Å². The zero-order valence-electron chi connectivity index (χ0n) is 20.2. The molecule has 0 bridgehead atoms. The lowest BCUT2D eigenvalue weighted by Crippen LogP contribution is -2.33. The van der Waals surface area contributed by atoms with Crippen molar-refractivity contribution in [2.75, 3.05) is 5.73 Å².